The molecule has 0 radical (unpaired) electrons. The summed E-state index contributed by atoms with van der Waals surface area (Å²) < 4.78 is 2.16. The molecule has 5 aliphatic rings. The molecule has 5 heterocycles. The van der Waals surface area contributed by atoms with E-state index in [9.17, 15) is 19.2 Å². The first-order chi connectivity index (χ1) is 21.3. The van der Waals surface area contributed by atoms with E-state index in [1.54, 1.807) is 18.2 Å². The number of likely N-dealkylation sites (N-methyl/N-ethyl adjacent to an activating group) is 1. The van der Waals surface area contributed by atoms with E-state index in [1.807, 2.05) is 0 Å². The largest absolute Gasteiger partial charge is 0.385 e. The van der Waals surface area contributed by atoms with Gasteiger partial charge in [0, 0.05) is 61.0 Å². The zero-order valence-electron chi connectivity index (χ0n) is 24.7. The minimum Gasteiger partial charge on any atom is -0.385 e. The van der Waals surface area contributed by atoms with Crippen molar-refractivity contribution in [2.75, 3.05) is 32.0 Å². The van der Waals surface area contributed by atoms with Gasteiger partial charge in [0.1, 0.15) is 6.04 Å². The minimum atomic E-state index is -0.962. The van der Waals surface area contributed by atoms with E-state index in [-0.39, 0.29) is 29.9 Å². The molecule has 1 unspecified atom stereocenters. The van der Waals surface area contributed by atoms with Gasteiger partial charge in [0.25, 0.3) is 11.8 Å². The predicted octanol–water partition coefficient (Wildman–Crippen LogP) is 3.32. The molecule has 8 rings (SSSR count). The van der Waals surface area contributed by atoms with E-state index in [2.05, 4.69) is 51.7 Å². The lowest BCUT2D eigenvalue weighted by Crippen LogP contribution is -2.54. The van der Waals surface area contributed by atoms with Crippen LogP contribution in [0.15, 0.2) is 42.6 Å². The molecule has 11 nitrogen and oxygen atoms in total. The quantitative estimate of drug-likeness (QED) is 0.381. The van der Waals surface area contributed by atoms with Crippen LogP contribution in [-0.2, 0) is 9.59 Å². The summed E-state index contributed by atoms with van der Waals surface area (Å²) >= 11 is 0. The third-order valence-corrected chi connectivity index (χ3v) is 9.87. The fourth-order valence-electron chi connectivity index (χ4n) is 7.09. The van der Waals surface area contributed by atoms with Crippen molar-refractivity contribution in [2.24, 2.45) is 5.92 Å². The van der Waals surface area contributed by atoms with Gasteiger partial charge in [-0.15, -0.1) is 0 Å². The Kier molecular flexibility index (Phi) is 6.40. The van der Waals surface area contributed by atoms with Gasteiger partial charge in [-0.2, -0.15) is 5.10 Å². The number of aromatic nitrogens is 3. The highest BCUT2D eigenvalue weighted by Gasteiger charge is 2.45. The minimum absolute atomic E-state index is 0.100. The van der Waals surface area contributed by atoms with Gasteiger partial charge in [-0.25, -0.2) is 0 Å². The molecule has 4 fully saturated rings. The normalized spacial score (nSPS) is 25.5. The molecule has 2 N–H and O–H groups in total. The Hall–Kier alpha value is -4.38. The molecule has 1 aromatic carbocycles. The van der Waals surface area contributed by atoms with Crippen LogP contribution in [0.2, 0.25) is 0 Å². The van der Waals surface area contributed by atoms with E-state index in [1.165, 1.54) is 29.8 Å². The van der Waals surface area contributed by atoms with Gasteiger partial charge in [0.2, 0.25) is 11.8 Å². The highest BCUT2D eigenvalue weighted by molar-refractivity contribution is 6.23. The second-order valence-corrected chi connectivity index (χ2v) is 13.1. The summed E-state index contributed by atoms with van der Waals surface area (Å²) in [6.07, 6.45) is 6.84. The van der Waals surface area contributed by atoms with Crippen LogP contribution in [0.3, 0.4) is 0 Å². The van der Waals surface area contributed by atoms with Crippen molar-refractivity contribution in [3.63, 3.8) is 0 Å². The molecule has 1 atom stereocenters. The zero-order chi connectivity index (χ0) is 30.1. The summed E-state index contributed by atoms with van der Waals surface area (Å²) in [6, 6.07) is 10.9. The number of pyridine rings is 1. The number of hydrogen-bond donors (Lipinski definition) is 2. The Bertz CT molecular complexity index is 1700. The van der Waals surface area contributed by atoms with E-state index in [0.29, 0.717) is 23.8 Å². The molecule has 2 aromatic heterocycles. The maximum absolute atomic E-state index is 13.2. The van der Waals surface area contributed by atoms with Crippen LogP contribution >= 0.6 is 0 Å². The van der Waals surface area contributed by atoms with Crippen molar-refractivity contribution < 1.29 is 19.2 Å². The van der Waals surface area contributed by atoms with E-state index >= 15 is 0 Å². The molecule has 3 aromatic rings. The third-order valence-electron chi connectivity index (χ3n) is 9.87. The summed E-state index contributed by atoms with van der Waals surface area (Å²) in [5.74, 6) is -0.476. The fourth-order valence-corrected chi connectivity index (χ4v) is 7.09. The van der Waals surface area contributed by atoms with Crippen LogP contribution in [0.1, 0.15) is 88.5 Å². The maximum atomic E-state index is 13.2. The van der Waals surface area contributed by atoms with Crippen LogP contribution in [-0.4, -0.2) is 80.9 Å². The number of carbonyl (C=O) groups is 4. The summed E-state index contributed by atoms with van der Waals surface area (Å²) in [5.41, 5.74) is 5.90. The maximum Gasteiger partial charge on any atom is 0.262 e. The second-order valence-electron chi connectivity index (χ2n) is 13.1. The number of carbonyl (C=O) groups excluding carboxylic acids is 4. The molecule has 0 spiro atoms. The Morgan fingerprint density at radius 2 is 1.73 bits per heavy atom. The number of amides is 4. The molecule has 4 amide bonds. The van der Waals surface area contributed by atoms with Gasteiger partial charge >= 0.3 is 0 Å². The molecule has 226 valence electrons. The van der Waals surface area contributed by atoms with Crippen molar-refractivity contribution in [3.05, 3.63) is 65.1 Å². The molecule has 3 aliphatic heterocycles. The summed E-state index contributed by atoms with van der Waals surface area (Å²) in [7, 11) is 2.14. The molecule has 11 heteroatoms. The van der Waals surface area contributed by atoms with Crippen molar-refractivity contribution in [1.29, 1.82) is 0 Å². The first kappa shape index (κ1) is 27.2. The van der Waals surface area contributed by atoms with Crippen molar-refractivity contribution in [1.82, 2.24) is 29.9 Å². The predicted molar refractivity (Wildman–Crippen MR) is 161 cm³/mol. The molecule has 2 aliphatic carbocycles. The first-order valence-corrected chi connectivity index (χ1v) is 15.7. The van der Waals surface area contributed by atoms with Gasteiger partial charge in [-0.1, -0.05) is 6.07 Å². The molecule has 2 saturated carbocycles. The van der Waals surface area contributed by atoms with Gasteiger partial charge in [0.05, 0.1) is 28.6 Å². The number of nitrogens with one attached hydrogen (secondary N) is 2. The SMILES string of the molecule is CN1CC(c2cccc(-c3cn([C@H]4C[C@H](CNc5ccc6c(c5)C(=O)N(C5CCC(=O)NC5=O)C6=O)C4)nc3C3CC3)n2)C1. The first-order valence-electron chi connectivity index (χ1n) is 15.7. The summed E-state index contributed by atoms with van der Waals surface area (Å²) in [4.78, 5) is 58.4. The van der Waals surface area contributed by atoms with E-state index in [4.69, 9.17) is 10.1 Å². The monoisotopic (exact) mass is 593 g/mol. The van der Waals surface area contributed by atoms with Crippen LogP contribution in [0, 0.1) is 5.92 Å². The van der Waals surface area contributed by atoms with Crippen molar-refractivity contribution >= 4 is 29.3 Å². The van der Waals surface area contributed by atoms with Crippen molar-refractivity contribution in [3.8, 4) is 11.3 Å². The van der Waals surface area contributed by atoms with E-state index in [0.717, 1.165) is 48.8 Å². The van der Waals surface area contributed by atoms with Gasteiger partial charge in [0.15, 0.2) is 0 Å². The molecule has 2 saturated heterocycles. The number of piperidine rings is 1. The van der Waals surface area contributed by atoms with Gasteiger partial charge < -0.3 is 10.2 Å². The number of rotatable bonds is 8. The van der Waals surface area contributed by atoms with Crippen LogP contribution < -0.4 is 10.6 Å². The average molecular weight is 594 g/mol. The fraction of sp³-hybridized carbons (Fsp3) is 0.455. The summed E-state index contributed by atoms with van der Waals surface area (Å²) in [6.45, 7) is 2.87. The van der Waals surface area contributed by atoms with E-state index < -0.39 is 23.8 Å². The third kappa shape index (κ3) is 4.70. The number of benzene rings is 1. The zero-order valence-corrected chi connectivity index (χ0v) is 24.7. The Labute approximate surface area is 255 Å². The highest BCUT2D eigenvalue weighted by Crippen LogP contribution is 2.46. The lowest BCUT2D eigenvalue weighted by molar-refractivity contribution is -0.136. The molecule has 0 bridgehead atoms. The Balaban J connectivity index is 0.908. The molecular weight excluding hydrogens is 558 g/mol. The topological polar surface area (TPSA) is 130 Å². The number of nitrogens with zero attached hydrogens (tertiary/aromatic N) is 5. The number of imide groups is 2. The van der Waals surface area contributed by atoms with Crippen molar-refractivity contribution in [2.45, 2.75) is 62.4 Å². The standard InChI is InChI=1S/C33H35N7O4/c1-38-15-20(16-38)26-3-2-4-27(35-26)25-17-39(37-30(25)19-5-6-19)22-11-18(12-22)14-34-21-7-8-23-24(13-21)33(44)40(32(23)43)28-9-10-29(41)36-31(28)42/h2-4,7-8,13,17-20,22,28,34H,5-6,9-12,14-16H2,1H3,(H,36,41,42)/t18-,22-,28?. The second kappa shape index (κ2) is 10.4. The summed E-state index contributed by atoms with van der Waals surface area (Å²) in [5, 5.41) is 10.8. The highest BCUT2D eigenvalue weighted by atomic mass is 16.2. The lowest BCUT2D eigenvalue weighted by Gasteiger charge is -2.36. The van der Waals surface area contributed by atoms with Crippen LogP contribution in [0.25, 0.3) is 11.3 Å². The smallest absolute Gasteiger partial charge is 0.262 e. The number of hydrogen-bond acceptors (Lipinski definition) is 8. The van der Waals surface area contributed by atoms with Crippen LogP contribution in [0.5, 0.6) is 0 Å². The average Bonchev–Trinajstić information content (AvgIpc) is 3.68. The van der Waals surface area contributed by atoms with Gasteiger partial charge in [-0.05, 0) is 75.4 Å². The number of anilines is 1. The lowest BCUT2D eigenvalue weighted by atomic mass is 9.80. The van der Waals surface area contributed by atoms with Gasteiger partial charge in [-0.3, -0.25) is 39.1 Å². The van der Waals surface area contributed by atoms with Crippen LogP contribution in [0.4, 0.5) is 5.69 Å². The number of fused-ring (bicyclic) bond motifs is 1. The molecular formula is C33H35N7O4. The number of likely N-dealkylation sites (tertiary alicyclic amines) is 1. The Morgan fingerprint density at radius 3 is 2.48 bits per heavy atom. The molecule has 44 heavy (non-hydrogen) atoms. The Morgan fingerprint density at radius 1 is 0.932 bits per heavy atom.